The van der Waals surface area contributed by atoms with Gasteiger partial charge in [-0.1, -0.05) is 23.7 Å². The number of thiophene rings is 1. The summed E-state index contributed by atoms with van der Waals surface area (Å²) in [6.45, 7) is 0. The Labute approximate surface area is 215 Å². The van der Waals surface area contributed by atoms with E-state index in [9.17, 15) is 19.7 Å². The molecule has 0 fully saturated rings. The van der Waals surface area contributed by atoms with E-state index in [-0.39, 0.29) is 15.6 Å². The highest BCUT2D eigenvalue weighted by Crippen LogP contribution is 2.37. The van der Waals surface area contributed by atoms with Crippen molar-refractivity contribution in [2.24, 2.45) is 5.10 Å². The lowest BCUT2D eigenvalue weighted by atomic mass is 10.2. The first-order valence-electron chi connectivity index (χ1n) is 10.6. The lowest BCUT2D eigenvalue weighted by molar-refractivity contribution is -0.384. The van der Waals surface area contributed by atoms with Crippen molar-refractivity contribution < 1.29 is 14.5 Å². The number of fused-ring (bicyclic) bond motifs is 1. The van der Waals surface area contributed by atoms with Crippen LogP contribution in [-0.2, 0) is 0 Å². The number of nitro groups is 1. The fraction of sp³-hybridized carbons (Fsp3) is 0.0800. The third-order valence-corrected chi connectivity index (χ3v) is 6.88. The number of nitrogens with one attached hydrogen (secondary N) is 2. The smallest absolute Gasteiger partial charge is 0.271 e. The zero-order valence-electron chi connectivity index (χ0n) is 19.2. The van der Waals surface area contributed by atoms with E-state index >= 15 is 0 Å². The molecule has 1 heterocycles. The fourth-order valence-corrected chi connectivity index (χ4v) is 4.74. The van der Waals surface area contributed by atoms with E-state index < -0.39 is 16.7 Å². The van der Waals surface area contributed by atoms with Crippen LogP contribution < -0.4 is 15.6 Å². The second-order valence-electron chi connectivity index (χ2n) is 7.90. The number of hydrogen-bond acceptors (Lipinski definition) is 7. The van der Waals surface area contributed by atoms with Gasteiger partial charge in [-0.25, -0.2) is 5.43 Å². The molecular weight excluding hydrogens is 502 g/mol. The summed E-state index contributed by atoms with van der Waals surface area (Å²) in [5.74, 6) is -0.853. The highest BCUT2D eigenvalue weighted by Gasteiger charge is 2.19. The molecule has 9 nitrogen and oxygen atoms in total. The van der Waals surface area contributed by atoms with Crippen LogP contribution in [0.4, 0.5) is 17.1 Å². The number of halogens is 1. The molecule has 2 amide bonds. The fourth-order valence-electron chi connectivity index (χ4n) is 3.29. The lowest BCUT2D eigenvalue weighted by Gasteiger charge is -2.11. The van der Waals surface area contributed by atoms with Gasteiger partial charge in [0.2, 0.25) is 0 Å². The summed E-state index contributed by atoms with van der Waals surface area (Å²) in [5, 5.41) is 18.5. The molecule has 0 radical (unpaired) electrons. The Bertz CT molecular complexity index is 1480. The Hall–Kier alpha value is -4.28. The Morgan fingerprint density at radius 2 is 1.72 bits per heavy atom. The third-order valence-electron chi connectivity index (χ3n) is 5.22. The van der Waals surface area contributed by atoms with Gasteiger partial charge in [0.15, 0.2) is 0 Å². The molecule has 1 aromatic heterocycles. The average molecular weight is 522 g/mol. The van der Waals surface area contributed by atoms with E-state index in [1.807, 2.05) is 43.3 Å². The number of carbonyl (C=O) groups excluding carboxylic acids is 2. The Morgan fingerprint density at radius 3 is 2.36 bits per heavy atom. The number of rotatable bonds is 7. The highest BCUT2D eigenvalue weighted by atomic mass is 35.5. The van der Waals surface area contributed by atoms with Crippen LogP contribution in [0.1, 0.15) is 25.6 Å². The van der Waals surface area contributed by atoms with Gasteiger partial charge in [0.25, 0.3) is 17.5 Å². The van der Waals surface area contributed by atoms with E-state index in [1.165, 1.54) is 18.2 Å². The zero-order chi connectivity index (χ0) is 25.8. The normalized spacial score (nSPS) is 11.0. The number of anilines is 2. The summed E-state index contributed by atoms with van der Waals surface area (Å²) in [4.78, 5) is 37.9. The topological polar surface area (TPSA) is 117 Å². The van der Waals surface area contributed by atoms with Gasteiger partial charge in [-0.2, -0.15) is 5.10 Å². The molecule has 4 aromatic rings. The molecule has 4 rings (SSSR count). The van der Waals surface area contributed by atoms with Gasteiger partial charge in [-0.3, -0.25) is 19.7 Å². The van der Waals surface area contributed by atoms with Crippen LogP contribution in [0.15, 0.2) is 71.8 Å². The van der Waals surface area contributed by atoms with Crippen molar-refractivity contribution in [1.82, 2.24) is 5.43 Å². The molecule has 0 bridgehead atoms. The second-order valence-corrected chi connectivity index (χ2v) is 9.33. The molecule has 0 aliphatic heterocycles. The van der Waals surface area contributed by atoms with Crippen LogP contribution in [0.25, 0.3) is 10.1 Å². The van der Waals surface area contributed by atoms with Crippen LogP contribution in [0.2, 0.25) is 5.02 Å². The largest absolute Gasteiger partial charge is 0.378 e. The highest BCUT2D eigenvalue weighted by molar-refractivity contribution is 7.21. The van der Waals surface area contributed by atoms with Crippen molar-refractivity contribution >= 4 is 68.1 Å². The molecule has 0 aliphatic rings. The number of benzene rings is 3. The minimum Gasteiger partial charge on any atom is -0.378 e. The van der Waals surface area contributed by atoms with Crippen molar-refractivity contribution in [3.05, 3.63) is 97.9 Å². The predicted molar refractivity (Wildman–Crippen MR) is 144 cm³/mol. The first-order chi connectivity index (χ1) is 17.2. The number of amides is 2. The minimum absolute atomic E-state index is 0.0761. The van der Waals surface area contributed by atoms with E-state index in [1.54, 1.807) is 30.5 Å². The van der Waals surface area contributed by atoms with Gasteiger partial charge in [0.1, 0.15) is 4.88 Å². The molecule has 36 heavy (non-hydrogen) atoms. The van der Waals surface area contributed by atoms with Crippen LogP contribution in [-0.4, -0.2) is 37.0 Å². The summed E-state index contributed by atoms with van der Waals surface area (Å²) in [6, 6.07) is 18.2. The number of hydrazone groups is 1. The number of nitrogens with zero attached hydrogens (tertiary/aromatic N) is 3. The molecule has 0 atom stereocenters. The predicted octanol–water partition coefficient (Wildman–Crippen LogP) is 5.55. The summed E-state index contributed by atoms with van der Waals surface area (Å²) < 4.78 is 0.542. The van der Waals surface area contributed by atoms with Gasteiger partial charge in [0, 0.05) is 53.3 Å². The Balaban J connectivity index is 1.39. The maximum atomic E-state index is 12.8. The molecule has 0 saturated carbocycles. The monoisotopic (exact) mass is 521 g/mol. The van der Waals surface area contributed by atoms with Crippen LogP contribution in [0, 0.1) is 10.1 Å². The van der Waals surface area contributed by atoms with Crippen molar-refractivity contribution in [2.75, 3.05) is 24.3 Å². The molecule has 0 unspecified atom stereocenters. The van der Waals surface area contributed by atoms with E-state index in [0.29, 0.717) is 21.3 Å². The second kappa shape index (κ2) is 10.5. The summed E-state index contributed by atoms with van der Waals surface area (Å²) in [6.07, 6.45) is 1.55. The SMILES string of the molecule is CN(C)c1ccc(/C=N\NC(=O)c2ccc(NC(=O)c3sc4cc([N+](=O)[O-])ccc4c3Cl)cc2)cc1. The number of non-ortho nitro benzene ring substituents is 1. The Kier molecular flexibility index (Phi) is 7.28. The molecule has 0 aliphatic carbocycles. The first kappa shape index (κ1) is 24.8. The number of carbonyl (C=O) groups is 2. The van der Waals surface area contributed by atoms with Crippen LogP contribution in [0.3, 0.4) is 0 Å². The molecule has 0 saturated heterocycles. The van der Waals surface area contributed by atoms with Gasteiger partial charge < -0.3 is 10.2 Å². The average Bonchev–Trinajstić information content (AvgIpc) is 3.20. The molecule has 3 aromatic carbocycles. The summed E-state index contributed by atoms with van der Waals surface area (Å²) in [5.41, 5.74) is 5.12. The van der Waals surface area contributed by atoms with Gasteiger partial charge >= 0.3 is 0 Å². The quantitative estimate of drug-likeness (QED) is 0.188. The number of hydrogen-bond donors (Lipinski definition) is 2. The first-order valence-corrected chi connectivity index (χ1v) is 11.8. The minimum atomic E-state index is -0.502. The van der Waals surface area contributed by atoms with Crippen molar-refractivity contribution in [2.45, 2.75) is 0 Å². The summed E-state index contributed by atoms with van der Waals surface area (Å²) >= 11 is 7.41. The van der Waals surface area contributed by atoms with E-state index in [0.717, 1.165) is 22.6 Å². The summed E-state index contributed by atoms with van der Waals surface area (Å²) in [7, 11) is 3.91. The van der Waals surface area contributed by atoms with E-state index in [2.05, 4.69) is 15.8 Å². The molecular formula is C25H20ClN5O4S. The zero-order valence-corrected chi connectivity index (χ0v) is 20.8. The van der Waals surface area contributed by atoms with Crippen molar-refractivity contribution in [3.63, 3.8) is 0 Å². The van der Waals surface area contributed by atoms with Crippen molar-refractivity contribution in [1.29, 1.82) is 0 Å². The Morgan fingerprint density at radius 1 is 1.03 bits per heavy atom. The maximum Gasteiger partial charge on any atom is 0.271 e. The van der Waals surface area contributed by atoms with Gasteiger partial charge in [-0.05, 0) is 48.0 Å². The van der Waals surface area contributed by atoms with Crippen LogP contribution in [0.5, 0.6) is 0 Å². The maximum absolute atomic E-state index is 12.8. The van der Waals surface area contributed by atoms with Gasteiger partial charge in [0.05, 0.1) is 16.2 Å². The van der Waals surface area contributed by atoms with Crippen LogP contribution >= 0.6 is 22.9 Å². The standard InChI is InChI=1S/C25H20ClN5O4S/c1-30(2)18-9-3-15(4-10-18)14-27-29-24(32)16-5-7-17(8-6-16)28-25(33)23-22(26)20-12-11-19(31(34)35)13-21(20)36-23/h3-14H,1-2H3,(H,28,33)(H,29,32)/b27-14-. The molecule has 2 N–H and O–H groups in total. The molecule has 0 spiro atoms. The van der Waals surface area contributed by atoms with E-state index in [4.69, 9.17) is 11.6 Å². The lowest BCUT2D eigenvalue weighted by Crippen LogP contribution is -2.17. The van der Waals surface area contributed by atoms with Gasteiger partial charge in [-0.15, -0.1) is 11.3 Å². The number of nitro benzene ring substituents is 1. The molecule has 182 valence electrons. The van der Waals surface area contributed by atoms with Crippen molar-refractivity contribution in [3.8, 4) is 0 Å². The third kappa shape index (κ3) is 5.51. The molecule has 11 heteroatoms.